The van der Waals surface area contributed by atoms with Crippen molar-refractivity contribution in [3.8, 4) is 17.1 Å². The summed E-state index contributed by atoms with van der Waals surface area (Å²) >= 11 is 0. The van der Waals surface area contributed by atoms with Crippen molar-refractivity contribution in [2.24, 2.45) is 0 Å². The zero-order valence-electron chi connectivity index (χ0n) is 28.8. The number of phosphoric acid groups is 1. The van der Waals surface area contributed by atoms with Crippen molar-refractivity contribution in [2.45, 2.75) is 58.0 Å². The molecule has 1 N–H and O–H groups in total. The summed E-state index contributed by atoms with van der Waals surface area (Å²) in [5, 5.41) is 2.59. The average Bonchev–Trinajstić information content (AvgIpc) is 3.66. The van der Waals surface area contributed by atoms with E-state index in [2.05, 4.69) is 29.6 Å². The van der Waals surface area contributed by atoms with Gasteiger partial charge < -0.3 is 19.2 Å². The number of ether oxygens (including phenoxy) is 2. The van der Waals surface area contributed by atoms with Crippen LogP contribution in [0.3, 0.4) is 0 Å². The summed E-state index contributed by atoms with van der Waals surface area (Å²) in [5.41, 5.74) is 5.10. The highest BCUT2D eigenvalue weighted by atomic mass is 31.2. The van der Waals surface area contributed by atoms with E-state index in [0.29, 0.717) is 29.2 Å². The van der Waals surface area contributed by atoms with Crippen LogP contribution in [-0.2, 0) is 60.3 Å². The van der Waals surface area contributed by atoms with E-state index in [9.17, 15) is 14.2 Å². The van der Waals surface area contributed by atoms with Gasteiger partial charge in [0.15, 0.2) is 5.78 Å². The maximum atomic E-state index is 13.8. The lowest BCUT2D eigenvalue weighted by molar-refractivity contribution is -0.121. The minimum atomic E-state index is -4.08. The number of furan rings is 1. The molecule has 1 aromatic heterocycles. The molecule has 5 aromatic rings. The molecule has 0 aliphatic carbocycles. The van der Waals surface area contributed by atoms with Crippen LogP contribution >= 0.6 is 7.82 Å². The standard InChI is InChI=1S/C41H42NO9P/c43-38(26-33-21-22-40(36(25-33)39-20-12-24-47-39)46-23-11-3-8-15-31-13-4-1-5-14-31)37(42-41(44)48-27-32-16-6-2-7-17-32)30-51-52(45)49-28-34-18-9-10-19-35(34)29-50-52/h1-2,4-7,9-10,12-14,16-22,24-25,37H,3,8,11,15,23,26-30H2,(H,42,44)/t37-/m0/s1. The van der Waals surface area contributed by atoms with E-state index >= 15 is 0 Å². The van der Waals surface area contributed by atoms with Gasteiger partial charge in [-0.25, -0.2) is 9.36 Å². The molecule has 0 saturated carbocycles. The Bertz CT molecular complexity index is 1900. The van der Waals surface area contributed by atoms with Crippen molar-refractivity contribution in [3.63, 3.8) is 0 Å². The van der Waals surface area contributed by atoms with Gasteiger partial charge in [0.2, 0.25) is 0 Å². The van der Waals surface area contributed by atoms with Crippen LogP contribution in [0.25, 0.3) is 11.3 Å². The van der Waals surface area contributed by atoms with Gasteiger partial charge in [0.1, 0.15) is 24.2 Å². The van der Waals surface area contributed by atoms with Crippen LogP contribution in [0.15, 0.2) is 126 Å². The number of hydrogen-bond acceptors (Lipinski definition) is 9. The molecule has 270 valence electrons. The summed E-state index contributed by atoms with van der Waals surface area (Å²) in [5.74, 6) is 0.829. The molecular formula is C41H42NO9P. The Morgan fingerprint density at radius 3 is 2.13 bits per heavy atom. The lowest BCUT2D eigenvalue weighted by atomic mass is 10.0. The Morgan fingerprint density at radius 2 is 1.44 bits per heavy atom. The van der Waals surface area contributed by atoms with Gasteiger partial charge in [0, 0.05) is 6.42 Å². The number of hydrogen-bond donors (Lipinski definition) is 1. The molecule has 1 aliphatic heterocycles. The van der Waals surface area contributed by atoms with Crippen molar-refractivity contribution < 1.29 is 41.6 Å². The number of phosphoric ester groups is 1. The maximum absolute atomic E-state index is 13.8. The monoisotopic (exact) mass is 723 g/mol. The van der Waals surface area contributed by atoms with Gasteiger partial charge in [-0.1, -0.05) is 91.0 Å². The molecule has 11 heteroatoms. The smallest absolute Gasteiger partial charge is 0.475 e. The predicted octanol–water partition coefficient (Wildman–Crippen LogP) is 9.02. The van der Waals surface area contributed by atoms with Crippen LogP contribution in [0.1, 0.15) is 47.1 Å². The number of nitrogens with one attached hydrogen (secondary N) is 1. The quantitative estimate of drug-likeness (QED) is 0.0740. The first-order valence-electron chi connectivity index (χ1n) is 17.4. The minimum Gasteiger partial charge on any atom is -0.493 e. The highest BCUT2D eigenvalue weighted by Crippen LogP contribution is 2.52. The van der Waals surface area contributed by atoms with Gasteiger partial charge in [-0.05, 0) is 77.8 Å². The second kappa shape index (κ2) is 18.5. The van der Waals surface area contributed by atoms with Crippen molar-refractivity contribution >= 4 is 19.7 Å². The Kier molecular flexibility index (Phi) is 13.1. The molecule has 1 amide bonds. The lowest BCUT2D eigenvalue weighted by Crippen LogP contribution is -2.44. The highest BCUT2D eigenvalue weighted by Gasteiger charge is 2.33. The number of benzene rings is 4. The number of ketones is 1. The van der Waals surface area contributed by atoms with Crippen LogP contribution < -0.4 is 10.1 Å². The van der Waals surface area contributed by atoms with Gasteiger partial charge in [-0.2, -0.15) is 0 Å². The first-order valence-corrected chi connectivity index (χ1v) is 18.8. The van der Waals surface area contributed by atoms with E-state index in [1.807, 2.05) is 78.9 Å². The fourth-order valence-electron chi connectivity index (χ4n) is 5.73. The number of alkyl carbamates (subject to hydrolysis) is 1. The van der Waals surface area contributed by atoms with Crippen LogP contribution in [-0.4, -0.2) is 31.1 Å². The molecular weight excluding hydrogens is 681 g/mol. The fourth-order valence-corrected chi connectivity index (χ4v) is 6.88. The van der Waals surface area contributed by atoms with E-state index in [0.717, 1.165) is 42.4 Å². The number of carbonyl (C=O) groups is 2. The molecule has 1 atom stereocenters. The van der Waals surface area contributed by atoms with Crippen LogP contribution in [0.5, 0.6) is 5.75 Å². The summed E-state index contributed by atoms with van der Waals surface area (Å²) in [6, 6.07) is 34.8. The molecule has 1 aliphatic rings. The Labute approximate surface area is 303 Å². The maximum Gasteiger partial charge on any atom is 0.475 e. The van der Waals surface area contributed by atoms with E-state index in [4.69, 9.17) is 27.5 Å². The number of Topliss-reactive ketones (excluding diaryl/α,β-unsaturated/α-hetero) is 1. The minimum absolute atomic E-state index is 0.00158. The summed E-state index contributed by atoms with van der Waals surface area (Å²) in [6.07, 6.45) is 4.68. The number of aryl methyl sites for hydroxylation is 1. The SMILES string of the molecule is O=C(N[C@@H](COP1(=O)OCc2ccccc2CO1)C(=O)Cc1ccc(OCCCCCc2ccccc2)c(-c2ccco2)c1)OCc1ccccc1. The van der Waals surface area contributed by atoms with Gasteiger partial charge in [0.25, 0.3) is 0 Å². The molecule has 52 heavy (non-hydrogen) atoms. The number of rotatable bonds is 17. The zero-order valence-corrected chi connectivity index (χ0v) is 29.7. The molecule has 4 aromatic carbocycles. The third kappa shape index (κ3) is 10.8. The van der Waals surface area contributed by atoms with Crippen LogP contribution in [0.4, 0.5) is 4.79 Å². The summed E-state index contributed by atoms with van der Waals surface area (Å²) in [6.45, 7) is 0.0822. The summed E-state index contributed by atoms with van der Waals surface area (Å²) < 4.78 is 47.5. The van der Waals surface area contributed by atoms with Gasteiger partial charge in [-0.3, -0.25) is 18.4 Å². The summed E-state index contributed by atoms with van der Waals surface area (Å²) in [4.78, 5) is 26.7. The van der Waals surface area contributed by atoms with E-state index in [1.54, 1.807) is 18.4 Å². The summed E-state index contributed by atoms with van der Waals surface area (Å²) in [7, 11) is -4.08. The third-order valence-electron chi connectivity index (χ3n) is 8.59. The fraction of sp³-hybridized carbons (Fsp3) is 0.268. The van der Waals surface area contributed by atoms with Gasteiger partial charge in [0.05, 0.1) is 38.3 Å². The zero-order chi connectivity index (χ0) is 36.0. The molecule has 0 spiro atoms. The Balaban J connectivity index is 1.10. The van der Waals surface area contributed by atoms with E-state index < -0.39 is 32.3 Å². The van der Waals surface area contributed by atoms with Gasteiger partial charge >= 0.3 is 13.9 Å². The lowest BCUT2D eigenvalue weighted by Gasteiger charge is -2.21. The number of carbonyl (C=O) groups excluding carboxylic acids is 2. The predicted molar refractivity (Wildman–Crippen MR) is 195 cm³/mol. The molecule has 2 heterocycles. The highest BCUT2D eigenvalue weighted by molar-refractivity contribution is 7.48. The van der Waals surface area contributed by atoms with Crippen molar-refractivity contribution in [1.82, 2.24) is 5.32 Å². The topological polar surface area (TPSA) is 123 Å². The molecule has 10 nitrogen and oxygen atoms in total. The van der Waals surface area contributed by atoms with Crippen LogP contribution in [0.2, 0.25) is 0 Å². The Hall–Kier alpha value is -4.99. The Morgan fingerprint density at radius 1 is 0.750 bits per heavy atom. The number of unbranched alkanes of at least 4 members (excludes halogenated alkanes) is 2. The van der Waals surface area contributed by atoms with E-state index in [1.165, 1.54) is 5.56 Å². The first kappa shape index (κ1) is 36.8. The third-order valence-corrected chi connectivity index (χ3v) is 9.94. The number of amides is 1. The molecule has 0 bridgehead atoms. The number of fused-ring (bicyclic) bond motifs is 1. The molecule has 0 saturated heterocycles. The van der Waals surface area contributed by atoms with E-state index in [-0.39, 0.29) is 26.2 Å². The van der Waals surface area contributed by atoms with Crippen molar-refractivity contribution in [3.05, 3.63) is 149 Å². The second-order valence-corrected chi connectivity index (χ2v) is 14.1. The molecule has 6 rings (SSSR count). The largest absolute Gasteiger partial charge is 0.493 e. The van der Waals surface area contributed by atoms with Crippen LogP contribution in [0, 0.1) is 0 Å². The van der Waals surface area contributed by atoms with Crippen molar-refractivity contribution in [1.29, 1.82) is 0 Å². The first-order chi connectivity index (χ1) is 25.4. The normalized spacial score (nSPS) is 14.1. The van der Waals surface area contributed by atoms with Crippen molar-refractivity contribution in [2.75, 3.05) is 13.2 Å². The molecule has 0 fully saturated rings. The molecule has 0 radical (unpaired) electrons. The second-order valence-electron chi connectivity index (χ2n) is 12.4. The average molecular weight is 724 g/mol. The van der Waals surface area contributed by atoms with Gasteiger partial charge in [-0.15, -0.1) is 0 Å². The molecule has 0 unspecified atom stereocenters.